The van der Waals surface area contributed by atoms with Crippen molar-refractivity contribution in [2.45, 2.75) is 31.6 Å². The fraction of sp³-hybridized carbons (Fsp3) is 0.194. The van der Waals surface area contributed by atoms with E-state index in [1.54, 1.807) is 30.3 Å². The van der Waals surface area contributed by atoms with E-state index in [0.717, 1.165) is 6.20 Å². The lowest BCUT2D eigenvalue weighted by molar-refractivity contribution is -0.614. The van der Waals surface area contributed by atoms with E-state index in [1.165, 1.54) is 48.6 Å². The van der Waals surface area contributed by atoms with Crippen LogP contribution >= 0.6 is 11.6 Å². The van der Waals surface area contributed by atoms with Gasteiger partial charge in [0.05, 0.1) is 36.0 Å². The molecule has 6 rings (SSSR count). The second-order valence-electron chi connectivity index (χ2n) is 10.5. The summed E-state index contributed by atoms with van der Waals surface area (Å²) in [5.74, 6) is -1.88. The third-order valence-corrected chi connectivity index (χ3v) is 7.91. The molecule has 1 atom stereocenters. The molecule has 0 spiro atoms. The molecule has 13 nitrogen and oxygen atoms in total. The Morgan fingerprint density at radius 2 is 2.04 bits per heavy atom. The first-order valence-electron chi connectivity index (χ1n) is 14.2. The highest BCUT2D eigenvalue weighted by Crippen LogP contribution is 2.38. The molecule has 0 fully saturated rings. The van der Waals surface area contributed by atoms with Gasteiger partial charge in [0.15, 0.2) is 11.9 Å². The molecule has 2 N–H and O–H groups in total. The van der Waals surface area contributed by atoms with Crippen molar-refractivity contribution in [2.24, 2.45) is 4.99 Å². The maximum absolute atomic E-state index is 15.7. The number of benzene rings is 2. The summed E-state index contributed by atoms with van der Waals surface area (Å²) in [5, 5.41) is 39.8. The molecule has 15 heteroatoms. The second-order valence-corrected chi connectivity index (χ2v) is 11.0. The lowest BCUT2D eigenvalue weighted by Gasteiger charge is -2.25. The van der Waals surface area contributed by atoms with Crippen LogP contribution in [0.15, 0.2) is 89.7 Å². The molecular formula is C31H26ClFN8O5. The summed E-state index contributed by atoms with van der Waals surface area (Å²) in [6.07, 6.45) is 5.78. The van der Waals surface area contributed by atoms with Crippen molar-refractivity contribution >= 4 is 35.0 Å². The van der Waals surface area contributed by atoms with Gasteiger partial charge in [0.1, 0.15) is 12.2 Å². The van der Waals surface area contributed by atoms with Gasteiger partial charge in [-0.2, -0.15) is 9.41 Å². The summed E-state index contributed by atoms with van der Waals surface area (Å²) in [4.78, 5) is 28.8. The number of rotatable bonds is 4. The summed E-state index contributed by atoms with van der Waals surface area (Å²) in [5.41, 5.74) is 2.58. The van der Waals surface area contributed by atoms with Crippen molar-refractivity contribution in [3.8, 4) is 16.8 Å². The smallest absolute Gasteiger partial charge is 0.411 e. The van der Waals surface area contributed by atoms with Crippen LogP contribution in [-0.4, -0.2) is 49.6 Å². The number of hydroxylamine groups is 2. The molecule has 2 aromatic heterocycles. The zero-order valence-electron chi connectivity index (χ0n) is 24.3. The molecule has 2 bridgehead atoms. The number of anilines is 1. The number of hydrogen-bond acceptors (Lipinski definition) is 9. The number of halogens is 2. The van der Waals surface area contributed by atoms with Crippen LogP contribution in [-0.2, 0) is 9.53 Å². The van der Waals surface area contributed by atoms with Gasteiger partial charge in [-0.1, -0.05) is 18.0 Å². The van der Waals surface area contributed by atoms with E-state index in [9.17, 15) is 20.0 Å². The maximum Gasteiger partial charge on any atom is 0.411 e. The lowest BCUT2D eigenvalue weighted by atomic mass is 9.86. The molecule has 0 radical (unpaired) electrons. The van der Waals surface area contributed by atoms with Gasteiger partial charge in [0, 0.05) is 45.1 Å². The van der Waals surface area contributed by atoms with Crippen molar-refractivity contribution in [1.82, 2.24) is 25.3 Å². The number of aromatic nitrogens is 5. The molecular weight excluding hydrogens is 619 g/mol. The predicted molar refractivity (Wildman–Crippen MR) is 162 cm³/mol. The van der Waals surface area contributed by atoms with Crippen LogP contribution in [0.3, 0.4) is 0 Å². The molecule has 2 aliphatic rings. The monoisotopic (exact) mass is 644 g/mol. The van der Waals surface area contributed by atoms with E-state index in [0.29, 0.717) is 61.8 Å². The number of methoxy groups -OCH3 is 1. The van der Waals surface area contributed by atoms with Crippen LogP contribution in [0.25, 0.3) is 22.5 Å². The van der Waals surface area contributed by atoms with Crippen LogP contribution in [0.5, 0.6) is 0 Å². The summed E-state index contributed by atoms with van der Waals surface area (Å²) < 4.78 is 22.5. The molecule has 0 saturated carbocycles. The first-order chi connectivity index (χ1) is 22.2. The van der Waals surface area contributed by atoms with Gasteiger partial charge >= 0.3 is 6.09 Å². The van der Waals surface area contributed by atoms with Crippen molar-refractivity contribution < 1.29 is 28.7 Å². The number of pyridine rings is 1. The SMILES string of the molecule is COC(=O)Nc1ccc2c(c1)=NC(=O)CCCCC(c1ccc(-c3cc(Cl)ccc3-n3cnnn3)c[n+]1[O-])C1=CC=2N(O)C=C1F. The number of amides is 2. The highest BCUT2D eigenvalue weighted by atomic mass is 35.5. The van der Waals surface area contributed by atoms with E-state index in [2.05, 4.69) is 30.6 Å². The van der Waals surface area contributed by atoms with Crippen molar-refractivity contribution in [2.75, 3.05) is 12.4 Å². The Bertz CT molecular complexity index is 2030. The molecule has 4 heterocycles. The zero-order valence-corrected chi connectivity index (χ0v) is 25.1. The van der Waals surface area contributed by atoms with Gasteiger partial charge in [-0.3, -0.25) is 15.3 Å². The lowest BCUT2D eigenvalue weighted by Crippen LogP contribution is -2.36. The fourth-order valence-corrected chi connectivity index (χ4v) is 5.67. The number of ether oxygens (including phenoxy) is 1. The molecule has 1 unspecified atom stereocenters. The van der Waals surface area contributed by atoms with Gasteiger partial charge in [-0.25, -0.2) is 19.2 Å². The van der Waals surface area contributed by atoms with Crippen molar-refractivity contribution in [1.29, 1.82) is 0 Å². The average molecular weight is 645 g/mol. The van der Waals surface area contributed by atoms with Crippen LogP contribution in [0, 0.1) is 5.21 Å². The maximum atomic E-state index is 15.7. The van der Waals surface area contributed by atoms with Crippen LogP contribution in [0.1, 0.15) is 37.3 Å². The number of tetrazole rings is 1. The molecule has 234 valence electrons. The minimum absolute atomic E-state index is 0.0986. The standard InChI is InChI=1S/C31H26ClFN8O5/c1-46-31(43)35-20-8-9-22-26(13-20)36-30(42)5-3-2-4-21(24-14-29(22)41(45)16-25(24)33)28-10-6-18(15-40(28)44)23-12-19(32)7-11-27(23)39-17-34-37-38-39/h6-17,21,45H,2-5H2,1H3,(H,35,43). The van der Waals surface area contributed by atoms with E-state index in [-0.39, 0.29) is 28.7 Å². The van der Waals surface area contributed by atoms with E-state index in [4.69, 9.17) is 11.6 Å². The topological polar surface area (TPSA) is 162 Å². The van der Waals surface area contributed by atoms with Crippen LogP contribution in [0.4, 0.5) is 14.9 Å². The average Bonchev–Trinajstić information content (AvgIpc) is 3.57. The molecule has 2 aliphatic heterocycles. The second kappa shape index (κ2) is 12.9. The highest BCUT2D eigenvalue weighted by molar-refractivity contribution is 6.31. The highest BCUT2D eigenvalue weighted by Gasteiger charge is 2.31. The van der Waals surface area contributed by atoms with Crippen molar-refractivity contribution in [3.05, 3.63) is 111 Å². The largest absolute Gasteiger partial charge is 0.618 e. The quantitative estimate of drug-likeness (QED) is 0.248. The first-order valence-corrected chi connectivity index (χ1v) is 14.5. The zero-order chi connectivity index (χ0) is 32.4. The number of nitrogens with zero attached hydrogens (tertiary/aromatic N) is 7. The third-order valence-electron chi connectivity index (χ3n) is 7.68. The number of carbonyl (C=O) groups is 2. The number of allylic oxidation sites excluding steroid dienone is 2. The Hall–Kier alpha value is -5.47. The normalized spacial score (nSPS) is 16.7. The third kappa shape index (κ3) is 6.20. The number of carbonyl (C=O) groups excluding carboxylic acids is 2. The van der Waals surface area contributed by atoms with Gasteiger partial charge in [0.25, 0.3) is 0 Å². The molecule has 46 heavy (non-hydrogen) atoms. The Morgan fingerprint density at radius 1 is 1.20 bits per heavy atom. The predicted octanol–water partition coefficient (Wildman–Crippen LogP) is 3.85. The van der Waals surface area contributed by atoms with Crippen LogP contribution in [0.2, 0.25) is 5.02 Å². The molecule has 0 aliphatic carbocycles. The van der Waals surface area contributed by atoms with Crippen LogP contribution < -0.4 is 20.6 Å². The summed E-state index contributed by atoms with van der Waals surface area (Å²) in [7, 11) is 1.21. The summed E-state index contributed by atoms with van der Waals surface area (Å²) in [6.45, 7) is 0. The summed E-state index contributed by atoms with van der Waals surface area (Å²) >= 11 is 6.30. The Balaban J connectivity index is 1.48. The van der Waals surface area contributed by atoms with E-state index in [1.807, 2.05) is 0 Å². The molecule has 2 aromatic carbocycles. The minimum Gasteiger partial charge on any atom is -0.618 e. The number of hydrogen-bond donors (Lipinski definition) is 2. The molecule has 2 amide bonds. The molecule has 4 aromatic rings. The number of nitrogens with one attached hydrogen (secondary N) is 1. The molecule has 0 saturated heterocycles. The van der Waals surface area contributed by atoms with E-state index >= 15 is 4.39 Å². The van der Waals surface area contributed by atoms with Gasteiger partial charge in [-0.15, -0.1) is 5.10 Å². The number of fused-ring (bicyclic) bond motifs is 2. The van der Waals surface area contributed by atoms with Gasteiger partial charge < -0.3 is 9.94 Å². The van der Waals surface area contributed by atoms with Gasteiger partial charge in [0.2, 0.25) is 5.91 Å². The Kier molecular flexibility index (Phi) is 8.55. The van der Waals surface area contributed by atoms with E-state index < -0.39 is 23.7 Å². The minimum atomic E-state index is -0.736. The fourth-order valence-electron chi connectivity index (χ4n) is 5.50. The Morgan fingerprint density at radius 3 is 2.80 bits per heavy atom. The first kappa shape index (κ1) is 30.6. The Labute approximate surface area is 265 Å². The summed E-state index contributed by atoms with van der Waals surface area (Å²) in [6, 6.07) is 13.0. The van der Waals surface area contributed by atoms with Crippen molar-refractivity contribution in [3.63, 3.8) is 0 Å². The van der Waals surface area contributed by atoms with Gasteiger partial charge in [-0.05, 0) is 71.8 Å².